The minimum Gasteiger partial charge on any atom is -0.350 e. The Morgan fingerprint density at radius 1 is 0.917 bits per heavy atom. The number of anilines is 1. The average molecular weight is 481 g/mol. The van der Waals surface area contributed by atoms with Crippen LogP contribution in [0.15, 0.2) is 73.2 Å². The molecule has 4 aromatic rings. The Bertz CT molecular complexity index is 1370. The molecule has 2 amide bonds. The molecule has 0 spiro atoms. The molecule has 2 fully saturated rings. The van der Waals surface area contributed by atoms with Gasteiger partial charge in [0.05, 0.1) is 22.9 Å². The van der Waals surface area contributed by atoms with Gasteiger partial charge in [0, 0.05) is 36.4 Å². The fourth-order valence-corrected chi connectivity index (χ4v) is 5.57. The molecule has 4 heterocycles. The van der Waals surface area contributed by atoms with Gasteiger partial charge in [-0.25, -0.2) is 9.97 Å². The van der Waals surface area contributed by atoms with Crippen LogP contribution in [0.1, 0.15) is 52.0 Å². The van der Waals surface area contributed by atoms with Crippen molar-refractivity contribution in [3.05, 3.63) is 89.9 Å². The number of fused-ring (bicyclic) bond motifs is 3. The van der Waals surface area contributed by atoms with E-state index in [-0.39, 0.29) is 17.9 Å². The summed E-state index contributed by atoms with van der Waals surface area (Å²) in [7, 11) is 0. The summed E-state index contributed by atoms with van der Waals surface area (Å²) in [6.07, 6.45) is 7.23. The number of hydrogen-bond donors (Lipinski definition) is 3. The number of hydrogen-bond acceptors (Lipinski definition) is 5. The van der Waals surface area contributed by atoms with Crippen molar-refractivity contribution >= 4 is 28.7 Å². The molecular formula is C28H28N6O2. The smallest absolute Gasteiger partial charge is 0.253 e. The Hall–Kier alpha value is -4.20. The number of aromatic nitrogens is 3. The van der Waals surface area contributed by atoms with Gasteiger partial charge in [-0.3, -0.25) is 9.59 Å². The third kappa shape index (κ3) is 4.42. The van der Waals surface area contributed by atoms with E-state index in [4.69, 9.17) is 0 Å². The highest BCUT2D eigenvalue weighted by atomic mass is 16.2. The van der Waals surface area contributed by atoms with Crippen molar-refractivity contribution in [3.8, 4) is 0 Å². The van der Waals surface area contributed by atoms with Crippen LogP contribution < -0.4 is 15.5 Å². The highest BCUT2D eigenvalue weighted by Gasteiger charge is 2.41. The summed E-state index contributed by atoms with van der Waals surface area (Å²) in [6, 6.07) is 20.0. The average Bonchev–Trinajstić information content (AvgIpc) is 3.49. The molecule has 0 saturated carbocycles. The van der Waals surface area contributed by atoms with Crippen molar-refractivity contribution in [2.24, 2.45) is 0 Å². The zero-order valence-electron chi connectivity index (χ0n) is 19.9. The van der Waals surface area contributed by atoms with Crippen LogP contribution in [0.25, 0.3) is 11.0 Å². The largest absolute Gasteiger partial charge is 0.350 e. The third-order valence-electron chi connectivity index (χ3n) is 7.32. The van der Waals surface area contributed by atoms with Gasteiger partial charge < -0.3 is 20.5 Å². The number of amides is 2. The fourth-order valence-electron chi connectivity index (χ4n) is 5.57. The quantitative estimate of drug-likeness (QED) is 0.389. The number of nitrogens with one attached hydrogen (secondary N) is 3. The first kappa shape index (κ1) is 22.3. The number of piperidine rings is 1. The van der Waals surface area contributed by atoms with E-state index in [2.05, 4.69) is 30.5 Å². The van der Waals surface area contributed by atoms with Crippen LogP contribution in [0.5, 0.6) is 0 Å². The summed E-state index contributed by atoms with van der Waals surface area (Å²) in [4.78, 5) is 39.8. The van der Waals surface area contributed by atoms with E-state index < -0.39 is 0 Å². The minimum atomic E-state index is -0.129. The number of carbonyl (C=O) groups excluding carboxylic acids is 2. The normalized spacial score (nSPS) is 20.9. The van der Waals surface area contributed by atoms with Gasteiger partial charge in [0.25, 0.3) is 11.8 Å². The zero-order valence-corrected chi connectivity index (χ0v) is 19.9. The molecule has 0 radical (unpaired) electrons. The maximum absolute atomic E-state index is 12.9. The number of benzene rings is 2. The Morgan fingerprint density at radius 2 is 1.69 bits per heavy atom. The molecule has 8 nitrogen and oxygen atoms in total. The van der Waals surface area contributed by atoms with Crippen molar-refractivity contribution in [1.82, 2.24) is 25.6 Å². The lowest BCUT2D eigenvalue weighted by Gasteiger charge is -2.40. The molecular weight excluding hydrogens is 452 g/mol. The summed E-state index contributed by atoms with van der Waals surface area (Å²) in [5.41, 5.74) is 3.97. The van der Waals surface area contributed by atoms with Crippen LogP contribution in [-0.4, -0.2) is 44.9 Å². The minimum absolute atomic E-state index is 0.0478. The first-order valence-electron chi connectivity index (χ1n) is 12.4. The molecule has 6 rings (SSSR count). The van der Waals surface area contributed by atoms with Gasteiger partial charge in [-0.1, -0.05) is 30.3 Å². The Morgan fingerprint density at radius 3 is 2.44 bits per heavy atom. The van der Waals surface area contributed by atoms with Gasteiger partial charge in [-0.15, -0.1) is 0 Å². The van der Waals surface area contributed by atoms with E-state index in [1.807, 2.05) is 60.7 Å². The second-order valence-electron chi connectivity index (χ2n) is 9.64. The molecule has 36 heavy (non-hydrogen) atoms. The van der Waals surface area contributed by atoms with Gasteiger partial charge in [-0.2, -0.15) is 0 Å². The summed E-state index contributed by atoms with van der Waals surface area (Å²) in [5.74, 6) is 0.723. The monoisotopic (exact) mass is 480 g/mol. The van der Waals surface area contributed by atoms with Crippen LogP contribution in [0.2, 0.25) is 0 Å². The van der Waals surface area contributed by atoms with E-state index in [1.165, 1.54) is 0 Å². The van der Waals surface area contributed by atoms with Gasteiger partial charge in [-0.05, 0) is 61.6 Å². The Kier molecular flexibility index (Phi) is 5.85. The number of imidazole rings is 1. The molecule has 2 saturated heterocycles. The highest BCUT2D eigenvalue weighted by molar-refractivity contribution is 5.97. The van der Waals surface area contributed by atoms with E-state index in [0.29, 0.717) is 29.8 Å². The molecule has 8 heteroatoms. The summed E-state index contributed by atoms with van der Waals surface area (Å²) in [5, 5.41) is 6.19. The molecule has 2 aromatic carbocycles. The van der Waals surface area contributed by atoms with Crippen LogP contribution in [0, 0.1) is 0 Å². The van der Waals surface area contributed by atoms with E-state index >= 15 is 0 Å². The van der Waals surface area contributed by atoms with Gasteiger partial charge in [0.1, 0.15) is 5.82 Å². The van der Waals surface area contributed by atoms with Crippen LogP contribution in [0.3, 0.4) is 0 Å². The third-order valence-corrected chi connectivity index (χ3v) is 7.32. The van der Waals surface area contributed by atoms with Crippen molar-refractivity contribution in [1.29, 1.82) is 0 Å². The first-order chi connectivity index (χ1) is 17.6. The summed E-state index contributed by atoms with van der Waals surface area (Å²) >= 11 is 0. The molecule has 2 aliphatic heterocycles. The number of rotatable bonds is 6. The number of carbonyl (C=O) groups is 2. The SMILES string of the molecule is O=C(NCc1ccccc1)c1ccc(N2C3CCC2CC(NC(=O)c2ccc4nc[nH]c4c2)C3)nc1. The molecule has 182 valence electrons. The highest BCUT2D eigenvalue weighted by Crippen LogP contribution is 2.38. The van der Waals surface area contributed by atoms with Crippen LogP contribution in [0.4, 0.5) is 5.82 Å². The lowest BCUT2D eigenvalue weighted by atomic mass is 9.96. The van der Waals surface area contributed by atoms with Crippen LogP contribution >= 0.6 is 0 Å². The molecule has 0 aliphatic carbocycles. The van der Waals surface area contributed by atoms with Crippen molar-refractivity contribution in [2.75, 3.05) is 4.90 Å². The zero-order chi connectivity index (χ0) is 24.5. The molecule has 2 atom stereocenters. The Balaban J connectivity index is 1.07. The second kappa shape index (κ2) is 9.45. The van der Waals surface area contributed by atoms with Crippen molar-refractivity contribution < 1.29 is 9.59 Å². The van der Waals surface area contributed by atoms with E-state index in [9.17, 15) is 9.59 Å². The number of aromatic amines is 1. The molecule has 3 N–H and O–H groups in total. The summed E-state index contributed by atoms with van der Waals surface area (Å²) < 4.78 is 0. The topological polar surface area (TPSA) is 103 Å². The number of H-pyrrole nitrogens is 1. The van der Waals surface area contributed by atoms with E-state index in [0.717, 1.165) is 48.1 Å². The van der Waals surface area contributed by atoms with E-state index in [1.54, 1.807) is 12.5 Å². The first-order valence-corrected chi connectivity index (χ1v) is 12.4. The maximum atomic E-state index is 12.9. The lowest BCUT2D eigenvalue weighted by molar-refractivity contribution is 0.0924. The molecule has 2 aromatic heterocycles. The van der Waals surface area contributed by atoms with Crippen molar-refractivity contribution in [2.45, 2.75) is 50.4 Å². The lowest BCUT2D eigenvalue weighted by Crippen LogP contribution is -2.50. The predicted octanol–water partition coefficient (Wildman–Crippen LogP) is 3.82. The molecule has 2 aliphatic rings. The van der Waals surface area contributed by atoms with Crippen LogP contribution in [-0.2, 0) is 6.54 Å². The number of pyridine rings is 1. The van der Waals surface area contributed by atoms with Gasteiger partial charge in [0.15, 0.2) is 0 Å². The molecule has 2 unspecified atom stereocenters. The van der Waals surface area contributed by atoms with Crippen molar-refractivity contribution in [3.63, 3.8) is 0 Å². The maximum Gasteiger partial charge on any atom is 0.253 e. The molecule has 2 bridgehead atoms. The summed E-state index contributed by atoms with van der Waals surface area (Å²) in [6.45, 7) is 0.487. The fraction of sp³-hybridized carbons (Fsp3) is 0.286. The standard InChI is InChI=1S/C28H28N6O2/c35-27(30-15-18-4-2-1-3-5-18)20-7-11-26(29-16-20)34-22-8-9-23(34)14-21(13-22)33-28(36)19-6-10-24-25(12-19)32-17-31-24/h1-7,10-12,16-17,21-23H,8-9,13-15H2,(H,30,35)(H,31,32)(H,33,36). The predicted molar refractivity (Wildman–Crippen MR) is 138 cm³/mol. The van der Waals surface area contributed by atoms with Gasteiger partial charge >= 0.3 is 0 Å². The second-order valence-corrected chi connectivity index (χ2v) is 9.64. The number of nitrogens with zero attached hydrogens (tertiary/aromatic N) is 3. The Labute approximate surface area is 209 Å². The van der Waals surface area contributed by atoms with Gasteiger partial charge in [0.2, 0.25) is 0 Å².